The standard InChI is InChI=1S/C16H25Br2NO/c1-5-13(6-2)20-16-14(17)7-12(8-15(16)18)10-19-9-11(3)4/h7-8,11,13,19H,5-6,9-10H2,1-4H3. The minimum atomic E-state index is 0.271. The second-order valence-corrected chi connectivity index (χ2v) is 7.18. The Balaban J connectivity index is 2.75. The zero-order valence-corrected chi connectivity index (χ0v) is 16.0. The van der Waals surface area contributed by atoms with Crippen LogP contribution in [0.2, 0.25) is 0 Å². The largest absolute Gasteiger partial charge is 0.488 e. The molecular formula is C16H25Br2NO. The summed E-state index contributed by atoms with van der Waals surface area (Å²) in [5, 5.41) is 3.46. The number of halogens is 2. The summed E-state index contributed by atoms with van der Waals surface area (Å²) < 4.78 is 8.09. The van der Waals surface area contributed by atoms with E-state index in [1.807, 2.05) is 0 Å². The summed E-state index contributed by atoms with van der Waals surface area (Å²) in [7, 11) is 0. The van der Waals surface area contributed by atoms with Crippen LogP contribution in [0.25, 0.3) is 0 Å². The number of hydrogen-bond acceptors (Lipinski definition) is 2. The lowest BCUT2D eigenvalue weighted by Crippen LogP contribution is -2.19. The molecule has 20 heavy (non-hydrogen) atoms. The van der Waals surface area contributed by atoms with E-state index in [1.165, 1.54) is 5.56 Å². The smallest absolute Gasteiger partial charge is 0.148 e. The molecule has 0 aliphatic heterocycles. The molecule has 114 valence electrons. The molecule has 4 heteroatoms. The van der Waals surface area contributed by atoms with E-state index in [2.05, 4.69) is 77.0 Å². The molecule has 0 saturated heterocycles. The second kappa shape index (κ2) is 9.06. The number of ether oxygens (including phenoxy) is 1. The van der Waals surface area contributed by atoms with Crippen LogP contribution in [0.1, 0.15) is 46.1 Å². The summed E-state index contributed by atoms with van der Waals surface area (Å²) in [6, 6.07) is 4.27. The van der Waals surface area contributed by atoms with Crippen molar-refractivity contribution < 1.29 is 4.74 Å². The van der Waals surface area contributed by atoms with E-state index < -0.39 is 0 Å². The average Bonchev–Trinajstić information content (AvgIpc) is 2.38. The van der Waals surface area contributed by atoms with Crippen LogP contribution in [-0.4, -0.2) is 12.6 Å². The maximum absolute atomic E-state index is 6.06. The first-order chi connectivity index (χ1) is 9.47. The average molecular weight is 407 g/mol. The van der Waals surface area contributed by atoms with Crippen molar-refractivity contribution in [3.05, 3.63) is 26.6 Å². The Labute approximate surface area is 139 Å². The van der Waals surface area contributed by atoms with Crippen LogP contribution in [-0.2, 0) is 6.54 Å². The predicted octanol–water partition coefficient (Wildman–Crippen LogP) is 5.52. The minimum absolute atomic E-state index is 0.271. The molecule has 0 aromatic heterocycles. The highest BCUT2D eigenvalue weighted by atomic mass is 79.9. The third kappa shape index (κ3) is 5.74. The van der Waals surface area contributed by atoms with Gasteiger partial charge in [-0.25, -0.2) is 0 Å². The number of nitrogens with one attached hydrogen (secondary N) is 1. The number of benzene rings is 1. The molecule has 0 radical (unpaired) electrons. The van der Waals surface area contributed by atoms with Gasteiger partial charge in [0.15, 0.2) is 0 Å². The Kier molecular flexibility index (Phi) is 8.15. The van der Waals surface area contributed by atoms with Crippen molar-refractivity contribution >= 4 is 31.9 Å². The molecule has 0 aliphatic rings. The Bertz CT molecular complexity index is 394. The fourth-order valence-corrected chi connectivity index (χ4v) is 3.42. The molecule has 1 aromatic rings. The van der Waals surface area contributed by atoms with Gasteiger partial charge in [0, 0.05) is 6.54 Å². The van der Waals surface area contributed by atoms with Crippen molar-refractivity contribution in [2.24, 2.45) is 5.92 Å². The summed E-state index contributed by atoms with van der Waals surface area (Å²) in [5.41, 5.74) is 1.25. The number of hydrogen-bond donors (Lipinski definition) is 1. The first-order valence-corrected chi connectivity index (χ1v) is 8.91. The van der Waals surface area contributed by atoms with Gasteiger partial charge in [0.05, 0.1) is 15.0 Å². The normalized spacial score (nSPS) is 11.4. The minimum Gasteiger partial charge on any atom is -0.488 e. The molecule has 1 aromatic carbocycles. The van der Waals surface area contributed by atoms with E-state index in [0.29, 0.717) is 5.92 Å². The lowest BCUT2D eigenvalue weighted by Gasteiger charge is -2.19. The van der Waals surface area contributed by atoms with Gasteiger partial charge in [0.1, 0.15) is 5.75 Å². The van der Waals surface area contributed by atoms with Crippen LogP contribution < -0.4 is 10.1 Å². The van der Waals surface area contributed by atoms with Crippen molar-refractivity contribution in [1.29, 1.82) is 0 Å². The quantitative estimate of drug-likeness (QED) is 0.613. The number of rotatable bonds is 8. The summed E-state index contributed by atoms with van der Waals surface area (Å²) in [6.45, 7) is 10.6. The van der Waals surface area contributed by atoms with Gasteiger partial charge in [-0.15, -0.1) is 0 Å². The van der Waals surface area contributed by atoms with Gasteiger partial charge < -0.3 is 10.1 Å². The van der Waals surface area contributed by atoms with Gasteiger partial charge in [-0.1, -0.05) is 27.7 Å². The molecule has 2 nitrogen and oxygen atoms in total. The lowest BCUT2D eigenvalue weighted by atomic mass is 10.2. The van der Waals surface area contributed by atoms with E-state index in [4.69, 9.17) is 4.74 Å². The van der Waals surface area contributed by atoms with Crippen molar-refractivity contribution in [2.45, 2.75) is 53.2 Å². The molecular weight excluding hydrogens is 382 g/mol. The maximum atomic E-state index is 6.06. The van der Waals surface area contributed by atoms with Crippen LogP contribution in [0.5, 0.6) is 5.75 Å². The first-order valence-electron chi connectivity index (χ1n) is 7.33. The van der Waals surface area contributed by atoms with E-state index in [0.717, 1.165) is 40.6 Å². The molecule has 0 fully saturated rings. The Morgan fingerprint density at radius 1 is 1.10 bits per heavy atom. The molecule has 1 N–H and O–H groups in total. The molecule has 0 heterocycles. The van der Waals surface area contributed by atoms with Crippen molar-refractivity contribution in [2.75, 3.05) is 6.54 Å². The second-order valence-electron chi connectivity index (χ2n) is 5.47. The van der Waals surface area contributed by atoms with Crippen LogP contribution in [0.4, 0.5) is 0 Å². The van der Waals surface area contributed by atoms with Gasteiger partial charge >= 0.3 is 0 Å². The maximum Gasteiger partial charge on any atom is 0.148 e. The van der Waals surface area contributed by atoms with Crippen LogP contribution >= 0.6 is 31.9 Å². The van der Waals surface area contributed by atoms with E-state index in [-0.39, 0.29) is 6.10 Å². The predicted molar refractivity (Wildman–Crippen MR) is 93.4 cm³/mol. The highest BCUT2D eigenvalue weighted by Gasteiger charge is 2.13. The summed E-state index contributed by atoms with van der Waals surface area (Å²) in [5.74, 6) is 1.57. The molecule has 1 rings (SSSR count). The van der Waals surface area contributed by atoms with Gasteiger partial charge in [-0.05, 0) is 74.9 Å². The molecule has 0 spiro atoms. The van der Waals surface area contributed by atoms with Gasteiger partial charge in [0.2, 0.25) is 0 Å². The van der Waals surface area contributed by atoms with E-state index in [9.17, 15) is 0 Å². The first kappa shape index (κ1) is 18.0. The van der Waals surface area contributed by atoms with Crippen LogP contribution in [0.3, 0.4) is 0 Å². The SMILES string of the molecule is CCC(CC)Oc1c(Br)cc(CNCC(C)C)cc1Br. The summed E-state index contributed by atoms with van der Waals surface area (Å²) >= 11 is 7.25. The molecule has 0 atom stereocenters. The van der Waals surface area contributed by atoms with Gasteiger partial charge in [0.25, 0.3) is 0 Å². The summed E-state index contributed by atoms with van der Waals surface area (Å²) in [6.07, 6.45) is 2.31. The molecule has 0 amide bonds. The Hall–Kier alpha value is -0.0600. The lowest BCUT2D eigenvalue weighted by molar-refractivity contribution is 0.190. The summed E-state index contributed by atoms with van der Waals surface area (Å²) in [4.78, 5) is 0. The van der Waals surface area contributed by atoms with Crippen molar-refractivity contribution in [3.63, 3.8) is 0 Å². The Morgan fingerprint density at radius 3 is 2.10 bits per heavy atom. The Morgan fingerprint density at radius 2 is 1.65 bits per heavy atom. The van der Waals surface area contributed by atoms with E-state index >= 15 is 0 Å². The third-order valence-electron chi connectivity index (χ3n) is 3.13. The fraction of sp³-hybridized carbons (Fsp3) is 0.625. The molecule has 0 aliphatic carbocycles. The topological polar surface area (TPSA) is 21.3 Å². The fourth-order valence-electron chi connectivity index (χ4n) is 1.95. The van der Waals surface area contributed by atoms with Gasteiger partial charge in [-0.2, -0.15) is 0 Å². The highest BCUT2D eigenvalue weighted by molar-refractivity contribution is 9.11. The molecule has 0 saturated carbocycles. The highest BCUT2D eigenvalue weighted by Crippen LogP contribution is 2.36. The molecule has 0 unspecified atom stereocenters. The van der Waals surface area contributed by atoms with Crippen LogP contribution in [0.15, 0.2) is 21.1 Å². The molecule has 0 bridgehead atoms. The zero-order chi connectivity index (χ0) is 15.1. The third-order valence-corrected chi connectivity index (χ3v) is 4.31. The monoisotopic (exact) mass is 405 g/mol. The van der Waals surface area contributed by atoms with Gasteiger partial charge in [-0.3, -0.25) is 0 Å². The van der Waals surface area contributed by atoms with E-state index in [1.54, 1.807) is 0 Å². The zero-order valence-electron chi connectivity index (χ0n) is 12.8. The van der Waals surface area contributed by atoms with Crippen molar-refractivity contribution in [3.8, 4) is 5.75 Å². The van der Waals surface area contributed by atoms with Crippen LogP contribution in [0, 0.1) is 5.92 Å². The van der Waals surface area contributed by atoms with Crippen molar-refractivity contribution in [1.82, 2.24) is 5.32 Å².